The molecule has 2 aliphatic rings. The van der Waals surface area contributed by atoms with Crippen molar-refractivity contribution in [2.45, 2.75) is 46.8 Å². The van der Waals surface area contributed by atoms with Crippen molar-refractivity contribution in [2.75, 3.05) is 26.8 Å². The monoisotopic (exact) mass is 499 g/mol. The lowest BCUT2D eigenvalue weighted by Crippen LogP contribution is -2.41. The number of aliphatic imine (C=N–C) groups is 2. The Morgan fingerprint density at radius 1 is 1.40 bits per heavy atom. The molecule has 188 valence electrons. The van der Waals surface area contributed by atoms with Crippen LogP contribution in [0.1, 0.15) is 51.7 Å². The zero-order valence-corrected chi connectivity index (χ0v) is 21.8. The minimum atomic E-state index is -0.264. The fourth-order valence-electron chi connectivity index (χ4n) is 3.79. The molecule has 8 nitrogen and oxygen atoms in total. The SMILES string of the molecule is C/C=C1/C=C(c2ccc(C3=NC(C)ON3)cc2Cl)C(=O)N(CC)/C1=N/C(=C/CC)NCCCOC. The molecule has 2 heterocycles. The molecule has 0 spiro atoms. The maximum absolute atomic E-state index is 13.6. The van der Waals surface area contributed by atoms with Crippen molar-refractivity contribution < 1.29 is 14.4 Å². The molecule has 2 N–H and O–H groups in total. The second-order valence-corrected chi connectivity index (χ2v) is 8.46. The van der Waals surface area contributed by atoms with Gasteiger partial charge in [0.05, 0.1) is 0 Å². The second-order valence-electron chi connectivity index (χ2n) is 8.05. The van der Waals surface area contributed by atoms with Crippen molar-refractivity contribution >= 4 is 34.8 Å². The van der Waals surface area contributed by atoms with E-state index in [1.165, 1.54) is 0 Å². The maximum atomic E-state index is 13.6. The highest BCUT2D eigenvalue weighted by Gasteiger charge is 2.31. The van der Waals surface area contributed by atoms with Gasteiger partial charge in [0.1, 0.15) is 11.7 Å². The minimum Gasteiger partial charge on any atom is -0.385 e. The van der Waals surface area contributed by atoms with Crippen molar-refractivity contribution in [2.24, 2.45) is 9.98 Å². The van der Waals surface area contributed by atoms with Crippen molar-refractivity contribution in [3.8, 4) is 0 Å². The van der Waals surface area contributed by atoms with Gasteiger partial charge in [-0.15, -0.1) is 0 Å². The molecule has 35 heavy (non-hydrogen) atoms. The summed E-state index contributed by atoms with van der Waals surface area (Å²) in [5, 5.41) is 3.82. The van der Waals surface area contributed by atoms with E-state index in [9.17, 15) is 4.79 Å². The molecule has 9 heteroatoms. The number of allylic oxidation sites excluding steroid dienone is 2. The number of hydrogen-bond donors (Lipinski definition) is 2. The zero-order valence-electron chi connectivity index (χ0n) is 21.0. The first-order chi connectivity index (χ1) is 16.9. The lowest BCUT2D eigenvalue weighted by atomic mass is 9.95. The Morgan fingerprint density at radius 3 is 2.80 bits per heavy atom. The van der Waals surface area contributed by atoms with Gasteiger partial charge in [-0.3, -0.25) is 9.69 Å². The number of hydroxylamine groups is 1. The number of halogens is 1. The fraction of sp³-hybridized carbons (Fsp3) is 0.423. The van der Waals surface area contributed by atoms with Gasteiger partial charge in [-0.1, -0.05) is 36.7 Å². The van der Waals surface area contributed by atoms with E-state index in [-0.39, 0.29) is 12.1 Å². The molecule has 0 bridgehead atoms. The normalized spacial score (nSPS) is 20.9. The van der Waals surface area contributed by atoms with Gasteiger partial charge in [0, 0.05) is 54.1 Å². The Labute approximate surface area is 212 Å². The summed E-state index contributed by atoms with van der Waals surface area (Å²) in [7, 11) is 1.69. The van der Waals surface area contributed by atoms with Gasteiger partial charge in [0.15, 0.2) is 12.1 Å². The lowest BCUT2D eigenvalue weighted by Gasteiger charge is -2.30. The van der Waals surface area contributed by atoms with Crippen LogP contribution in [0.2, 0.25) is 5.02 Å². The number of benzene rings is 1. The predicted molar refractivity (Wildman–Crippen MR) is 141 cm³/mol. The number of carbonyl (C=O) groups excluding carboxylic acids is 1. The lowest BCUT2D eigenvalue weighted by molar-refractivity contribution is -0.121. The minimum absolute atomic E-state index is 0.144. The molecule has 1 amide bonds. The van der Waals surface area contributed by atoms with E-state index in [2.05, 4.69) is 22.7 Å². The quantitative estimate of drug-likeness (QED) is 0.465. The third-order valence-electron chi connectivity index (χ3n) is 5.54. The summed E-state index contributed by atoms with van der Waals surface area (Å²) in [6, 6.07) is 5.51. The van der Waals surface area contributed by atoms with Crippen LogP contribution in [0.5, 0.6) is 0 Å². The Hall–Kier alpha value is -2.94. The molecule has 0 saturated heterocycles. The van der Waals surface area contributed by atoms with E-state index in [1.54, 1.807) is 18.1 Å². The van der Waals surface area contributed by atoms with Crippen LogP contribution >= 0.6 is 11.6 Å². The van der Waals surface area contributed by atoms with Crippen LogP contribution in [0, 0.1) is 0 Å². The fourth-order valence-corrected chi connectivity index (χ4v) is 4.07. The van der Waals surface area contributed by atoms with Crippen molar-refractivity contribution in [1.82, 2.24) is 15.7 Å². The summed E-state index contributed by atoms with van der Waals surface area (Å²) in [6.45, 7) is 9.65. The maximum Gasteiger partial charge on any atom is 0.260 e. The van der Waals surface area contributed by atoms with Crippen LogP contribution < -0.4 is 10.8 Å². The Bertz CT molecular complexity index is 1090. The smallest absolute Gasteiger partial charge is 0.260 e. The van der Waals surface area contributed by atoms with Gasteiger partial charge in [-0.05, 0) is 51.8 Å². The van der Waals surface area contributed by atoms with Gasteiger partial charge in [0.2, 0.25) is 0 Å². The van der Waals surface area contributed by atoms with Gasteiger partial charge < -0.3 is 10.1 Å². The van der Waals surface area contributed by atoms with E-state index in [4.69, 9.17) is 26.2 Å². The average Bonchev–Trinajstić information content (AvgIpc) is 3.29. The van der Waals surface area contributed by atoms with Crippen LogP contribution in [-0.4, -0.2) is 55.5 Å². The first-order valence-electron chi connectivity index (χ1n) is 11.9. The number of nitrogens with zero attached hydrogens (tertiary/aromatic N) is 3. The highest BCUT2D eigenvalue weighted by molar-refractivity contribution is 6.37. The number of amides is 1. The molecule has 0 aliphatic carbocycles. The van der Waals surface area contributed by atoms with Crippen molar-refractivity contribution in [3.63, 3.8) is 0 Å². The summed E-state index contributed by atoms with van der Waals surface area (Å²) in [5.41, 5.74) is 5.63. The highest BCUT2D eigenvalue weighted by Crippen LogP contribution is 2.32. The van der Waals surface area contributed by atoms with Crippen LogP contribution in [0.3, 0.4) is 0 Å². The van der Waals surface area contributed by atoms with E-state index in [1.807, 2.05) is 51.1 Å². The van der Waals surface area contributed by atoms with Crippen LogP contribution in [0.25, 0.3) is 5.57 Å². The number of carbonyl (C=O) groups is 1. The standard InChI is InChI=1S/C26H34ClN5O3/c1-6-10-23(28-13-9-14-34-5)30-25-18(7-2)15-21(26(33)32(25)8-3)20-12-11-19(16-22(20)27)24-29-17(4)35-31-24/h7,10-12,15-17,28H,6,8-9,13-14H2,1-5H3,(H,29,31)/b18-7-,23-10+,30-25+. The van der Waals surface area contributed by atoms with Crippen LogP contribution in [0.15, 0.2) is 57.8 Å². The number of ether oxygens (including phenoxy) is 1. The number of likely N-dealkylation sites (N-methyl/N-ethyl adjacent to an activating group) is 1. The van der Waals surface area contributed by atoms with E-state index >= 15 is 0 Å². The second kappa shape index (κ2) is 12.7. The molecule has 0 fully saturated rings. The highest BCUT2D eigenvalue weighted by atomic mass is 35.5. The molecule has 0 aromatic heterocycles. The Morgan fingerprint density at radius 2 is 2.20 bits per heavy atom. The topological polar surface area (TPSA) is 87.5 Å². The van der Waals surface area contributed by atoms with Crippen LogP contribution in [0.4, 0.5) is 0 Å². The summed E-state index contributed by atoms with van der Waals surface area (Å²) in [4.78, 5) is 29.8. The first kappa shape index (κ1) is 26.7. The summed E-state index contributed by atoms with van der Waals surface area (Å²) in [5.74, 6) is 1.83. The molecule has 3 rings (SSSR count). The third kappa shape index (κ3) is 6.39. The molecule has 0 radical (unpaired) electrons. The van der Waals surface area contributed by atoms with Gasteiger partial charge >= 0.3 is 0 Å². The van der Waals surface area contributed by atoms with Crippen LogP contribution in [-0.2, 0) is 14.4 Å². The van der Waals surface area contributed by atoms with Crippen molar-refractivity contribution in [3.05, 3.63) is 64.0 Å². The Kier molecular flexibility index (Phi) is 9.65. The van der Waals surface area contributed by atoms with E-state index in [0.717, 1.165) is 36.3 Å². The number of amidine groups is 2. The summed E-state index contributed by atoms with van der Waals surface area (Å²) < 4.78 is 5.13. The number of rotatable bonds is 10. The molecular weight excluding hydrogens is 466 g/mol. The predicted octanol–water partition coefficient (Wildman–Crippen LogP) is 4.44. The molecule has 1 aromatic carbocycles. The Balaban J connectivity index is 1.95. The van der Waals surface area contributed by atoms with Gasteiger partial charge in [0.25, 0.3) is 5.91 Å². The summed E-state index contributed by atoms with van der Waals surface area (Å²) >= 11 is 6.66. The van der Waals surface area contributed by atoms with E-state index in [0.29, 0.717) is 41.0 Å². The largest absolute Gasteiger partial charge is 0.385 e. The number of hydrogen-bond acceptors (Lipinski definition) is 7. The van der Waals surface area contributed by atoms with Gasteiger partial charge in [-0.25, -0.2) is 20.3 Å². The zero-order chi connectivity index (χ0) is 25.4. The average molecular weight is 500 g/mol. The molecule has 1 atom stereocenters. The number of methoxy groups -OCH3 is 1. The molecule has 0 saturated carbocycles. The molecule has 1 aromatic rings. The molecular formula is C26H34ClN5O3. The van der Waals surface area contributed by atoms with Crippen molar-refractivity contribution in [1.29, 1.82) is 0 Å². The van der Waals surface area contributed by atoms with Gasteiger partial charge in [-0.2, -0.15) is 0 Å². The summed E-state index contributed by atoms with van der Waals surface area (Å²) in [6.07, 6.45) is 7.26. The third-order valence-corrected chi connectivity index (χ3v) is 5.85. The van der Waals surface area contributed by atoms with E-state index < -0.39 is 0 Å². The molecule has 1 unspecified atom stereocenters. The molecule has 2 aliphatic heterocycles. The first-order valence-corrected chi connectivity index (χ1v) is 12.3. The number of nitrogens with one attached hydrogen (secondary N) is 2.